The number of pyridine rings is 1. The number of ether oxygens (including phenoxy) is 1. The molecular weight excluding hydrogens is 316 g/mol. The van der Waals surface area contributed by atoms with Gasteiger partial charge in [-0.1, -0.05) is 35.9 Å². The Morgan fingerprint density at radius 1 is 1.21 bits per heavy atom. The first-order valence-corrected chi connectivity index (χ1v) is 9.63. The highest BCUT2D eigenvalue weighted by Crippen LogP contribution is 2.46. The molecule has 2 aromatic rings. The van der Waals surface area contributed by atoms with Crippen LogP contribution in [0.25, 0.3) is 0 Å². The van der Waals surface area contributed by atoms with Gasteiger partial charge in [0.15, 0.2) is 0 Å². The van der Waals surface area contributed by atoms with Crippen molar-refractivity contribution in [1.82, 2.24) is 9.88 Å². The van der Waals surface area contributed by atoms with Crippen LogP contribution in [0.15, 0.2) is 48.7 Å². The Morgan fingerprint density at radius 2 is 2.04 bits per heavy atom. The Morgan fingerprint density at radius 3 is 2.79 bits per heavy atom. The van der Waals surface area contributed by atoms with Gasteiger partial charge in [-0.3, -0.25) is 9.88 Å². The summed E-state index contributed by atoms with van der Waals surface area (Å²) in [6.45, 7) is 6.23. The molecule has 2 saturated heterocycles. The van der Waals surface area contributed by atoms with E-state index >= 15 is 0 Å². The Hall–Kier alpha value is -1.36. The lowest BCUT2D eigenvalue weighted by Gasteiger charge is -2.47. The quantitative estimate of drug-likeness (QED) is 0.829. The van der Waals surface area contributed by atoms with Crippen LogP contribution in [0.5, 0.6) is 0 Å². The third kappa shape index (κ3) is 3.66. The number of hydrogen-bond donors (Lipinski definition) is 0. The number of rotatable bonds is 5. The van der Waals surface area contributed by atoms with E-state index in [0.717, 1.165) is 18.0 Å². The molecule has 1 aromatic heterocycles. The van der Waals surface area contributed by atoms with Crippen molar-refractivity contribution < 1.29 is 4.74 Å². The van der Waals surface area contributed by atoms with Crippen LogP contribution in [-0.4, -0.2) is 39.6 Å². The standard InChI is InChI=1S/C20H24N2OS/c1-16-5-7-17(8-6-16)11-22-14-20(15-22)10-19(13-24-20)23-12-18-4-2-3-9-21-18/h2-9,19H,10-15H2,1H3/t19-/m1/s1. The molecule has 0 amide bonds. The fraction of sp³-hybridized carbons (Fsp3) is 0.450. The zero-order chi connectivity index (χ0) is 16.4. The number of nitrogens with zero attached hydrogens (tertiary/aromatic N) is 2. The van der Waals surface area contributed by atoms with Gasteiger partial charge in [0.05, 0.1) is 18.4 Å². The van der Waals surface area contributed by atoms with E-state index < -0.39 is 0 Å². The molecule has 2 aliphatic rings. The van der Waals surface area contributed by atoms with Crippen molar-refractivity contribution in [3.8, 4) is 0 Å². The van der Waals surface area contributed by atoms with Crippen LogP contribution >= 0.6 is 11.8 Å². The Labute approximate surface area is 148 Å². The summed E-state index contributed by atoms with van der Waals surface area (Å²) < 4.78 is 6.52. The monoisotopic (exact) mass is 340 g/mol. The average Bonchev–Trinajstić information content (AvgIpc) is 3.00. The van der Waals surface area contributed by atoms with E-state index in [0.29, 0.717) is 17.5 Å². The molecule has 4 rings (SSSR count). The van der Waals surface area contributed by atoms with Gasteiger partial charge in [-0.15, -0.1) is 11.8 Å². The molecule has 0 unspecified atom stereocenters. The van der Waals surface area contributed by atoms with Crippen LogP contribution in [0.2, 0.25) is 0 Å². The Kier molecular flexibility index (Phi) is 4.61. The van der Waals surface area contributed by atoms with Crippen molar-refractivity contribution >= 4 is 11.8 Å². The summed E-state index contributed by atoms with van der Waals surface area (Å²) in [7, 11) is 0. The molecule has 2 fully saturated rings. The average molecular weight is 340 g/mol. The molecule has 4 heteroatoms. The predicted molar refractivity (Wildman–Crippen MR) is 99.1 cm³/mol. The molecule has 3 nitrogen and oxygen atoms in total. The highest BCUT2D eigenvalue weighted by molar-refractivity contribution is 8.01. The van der Waals surface area contributed by atoms with E-state index in [1.807, 2.05) is 24.4 Å². The van der Waals surface area contributed by atoms with Crippen LogP contribution in [0, 0.1) is 6.92 Å². The molecule has 126 valence electrons. The van der Waals surface area contributed by atoms with Gasteiger partial charge in [0.1, 0.15) is 0 Å². The van der Waals surface area contributed by atoms with Crippen molar-refractivity contribution in [3.05, 3.63) is 65.5 Å². The highest BCUT2D eigenvalue weighted by atomic mass is 32.2. The third-order valence-corrected chi connectivity index (χ3v) is 6.49. The Balaban J connectivity index is 1.23. The first-order chi connectivity index (χ1) is 11.7. The number of aromatic nitrogens is 1. The second-order valence-corrected chi connectivity index (χ2v) is 8.57. The highest BCUT2D eigenvalue weighted by Gasteiger charge is 2.49. The number of hydrogen-bond acceptors (Lipinski definition) is 4. The van der Waals surface area contributed by atoms with Gasteiger partial charge in [0, 0.05) is 36.3 Å². The number of likely N-dealkylation sites (tertiary alicyclic amines) is 1. The number of benzene rings is 1. The molecule has 0 radical (unpaired) electrons. The van der Waals surface area contributed by atoms with E-state index in [4.69, 9.17) is 4.74 Å². The second-order valence-electron chi connectivity index (χ2n) is 7.08. The van der Waals surface area contributed by atoms with Crippen molar-refractivity contribution in [3.63, 3.8) is 0 Å². The minimum Gasteiger partial charge on any atom is -0.371 e. The second kappa shape index (κ2) is 6.87. The summed E-state index contributed by atoms with van der Waals surface area (Å²) in [4.78, 5) is 6.89. The van der Waals surface area contributed by atoms with Crippen LogP contribution in [0.4, 0.5) is 0 Å². The van der Waals surface area contributed by atoms with Gasteiger partial charge in [0.2, 0.25) is 0 Å². The van der Waals surface area contributed by atoms with E-state index in [9.17, 15) is 0 Å². The summed E-state index contributed by atoms with van der Waals surface area (Å²) >= 11 is 2.10. The van der Waals surface area contributed by atoms with E-state index in [2.05, 4.69) is 52.8 Å². The summed E-state index contributed by atoms with van der Waals surface area (Å²) in [5.74, 6) is 1.12. The maximum Gasteiger partial charge on any atom is 0.0892 e. The smallest absolute Gasteiger partial charge is 0.0892 e. The van der Waals surface area contributed by atoms with Gasteiger partial charge in [0.25, 0.3) is 0 Å². The molecule has 1 aromatic carbocycles. The lowest BCUT2D eigenvalue weighted by molar-refractivity contribution is 0.0251. The maximum atomic E-state index is 6.09. The molecule has 0 N–H and O–H groups in total. The topological polar surface area (TPSA) is 25.4 Å². The minimum absolute atomic E-state index is 0.374. The largest absolute Gasteiger partial charge is 0.371 e. The SMILES string of the molecule is Cc1ccc(CN2CC3(C[C@@H](OCc4ccccn4)CS3)C2)cc1. The van der Waals surface area contributed by atoms with E-state index in [1.165, 1.54) is 30.6 Å². The van der Waals surface area contributed by atoms with Crippen LogP contribution in [0.3, 0.4) is 0 Å². The van der Waals surface area contributed by atoms with Gasteiger partial charge in [-0.25, -0.2) is 0 Å². The zero-order valence-electron chi connectivity index (χ0n) is 14.1. The predicted octanol–water partition coefficient (Wildman–Crippen LogP) is 3.67. The van der Waals surface area contributed by atoms with Crippen molar-refractivity contribution in [2.45, 2.75) is 37.3 Å². The van der Waals surface area contributed by atoms with Crippen LogP contribution in [0.1, 0.15) is 23.2 Å². The van der Waals surface area contributed by atoms with Crippen molar-refractivity contribution in [1.29, 1.82) is 0 Å². The summed E-state index contributed by atoms with van der Waals surface area (Å²) in [5.41, 5.74) is 3.78. The molecular formula is C20H24N2OS. The number of thioether (sulfide) groups is 1. The lowest BCUT2D eigenvalue weighted by Crippen LogP contribution is -2.58. The molecule has 0 aliphatic carbocycles. The molecule has 1 atom stereocenters. The summed E-state index contributed by atoms with van der Waals surface area (Å²) in [6, 6.07) is 14.9. The van der Waals surface area contributed by atoms with Gasteiger partial charge in [-0.2, -0.15) is 0 Å². The molecule has 2 aliphatic heterocycles. The lowest BCUT2D eigenvalue weighted by atomic mass is 9.92. The normalized spacial score (nSPS) is 22.6. The van der Waals surface area contributed by atoms with Crippen LogP contribution < -0.4 is 0 Å². The molecule has 0 saturated carbocycles. The summed E-state index contributed by atoms with van der Waals surface area (Å²) in [6.07, 6.45) is 3.38. The first-order valence-electron chi connectivity index (χ1n) is 8.64. The fourth-order valence-electron chi connectivity index (χ4n) is 3.65. The van der Waals surface area contributed by atoms with Crippen LogP contribution in [-0.2, 0) is 17.9 Å². The number of aryl methyl sites for hydroxylation is 1. The molecule has 1 spiro atoms. The minimum atomic E-state index is 0.374. The van der Waals surface area contributed by atoms with Gasteiger partial charge >= 0.3 is 0 Å². The van der Waals surface area contributed by atoms with Crippen molar-refractivity contribution in [2.24, 2.45) is 0 Å². The zero-order valence-corrected chi connectivity index (χ0v) is 15.0. The van der Waals surface area contributed by atoms with E-state index in [1.54, 1.807) is 0 Å². The van der Waals surface area contributed by atoms with Gasteiger partial charge < -0.3 is 4.74 Å². The molecule has 3 heterocycles. The van der Waals surface area contributed by atoms with Gasteiger partial charge in [-0.05, 0) is 31.0 Å². The third-order valence-electron chi connectivity index (χ3n) is 4.92. The van der Waals surface area contributed by atoms with Crippen molar-refractivity contribution in [2.75, 3.05) is 18.8 Å². The fourth-order valence-corrected chi connectivity index (χ4v) is 5.25. The summed E-state index contributed by atoms with van der Waals surface area (Å²) in [5, 5.41) is 0. The molecule has 0 bridgehead atoms. The maximum absolute atomic E-state index is 6.09. The molecule has 24 heavy (non-hydrogen) atoms. The Bertz CT molecular complexity index is 668. The van der Waals surface area contributed by atoms with E-state index in [-0.39, 0.29) is 0 Å². The first kappa shape index (κ1) is 16.1.